The van der Waals surface area contributed by atoms with Gasteiger partial charge in [-0.3, -0.25) is 4.79 Å². The van der Waals surface area contributed by atoms with Gasteiger partial charge in [-0.15, -0.1) is 0 Å². The number of aromatic hydroxyl groups is 1. The Kier molecular flexibility index (Phi) is 3.78. The molecule has 0 atom stereocenters. The lowest BCUT2D eigenvalue weighted by molar-refractivity contribution is 0.0954. The van der Waals surface area contributed by atoms with Gasteiger partial charge in [-0.2, -0.15) is 0 Å². The molecule has 3 N–H and O–H groups in total. The van der Waals surface area contributed by atoms with E-state index < -0.39 is 0 Å². The van der Waals surface area contributed by atoms with E-state index in [4.69, 9.17) is 0 Å². The Labute approximate surface area is 126 Å². The molecular formula is C17H15FN2O2. The third kappa shape index (κ3) is 2.93. The zero-order valence-corrected chi connectivity index (χ0v) is 11.8. The predicted molar refractivity (Wildman–Crippen MR) is 82.4 cm³/mol. The van der Waals surface area contributed by atoms with Gasteiger partial charge in [0.15, 0.2) is 0 Å². The van der Waals surface area contributed by atoms with Crippen LogP contribution < -0.4 is 5.32 Å². The van der Waals surface area contributed by atoms with Gasteiger partial charge in [0.05, 0.1) is 0 Å². The minimum Gasteiger partial charge on any atom is -0.508 e. The normalized spacial score (nSPS) is 10.8. The second-order valence-electron chi connectivity index (χ2n) is 5.06. The zero-order chi connectivity index (χ0) is 15.5. The van der Waals surface area contributed by atoms with E-state index in [0.717, 1.165) is 16.5 Å². The van der Waals surface area contributed by atoms with Crippen molar-refractivity contribution in [3.05, 3.63) is 65.6 Å². The molecule has 0 radical (unpaired) electrons. The van der Waals surface area contributed by atoms with Gasteiger partial charge in [0.2, 0.25) is 0 Å². The van der Waals surface area contributed by atoms with E-state index in [0.29, 0.717) is 18.5 Å². The summed E-state index contributed by atoms with van der Waals surface area (Å²) >= 11 is 0. The first-order chi connectivity index (χ1) is 10.6. The highest BCUT2D eigenvalue weighted by Crippen LogP contribution is 2.23. The van der Waals surface area contributed by atoms with Crippen LogP contribution in [0.2, 0.25) is 0 Å². The van der Waals surface area contributed by atoms with E-state index in [2.05, 4.69) is 10.3 Å². The molecule has 0 saturated heterocycles. The molecule has 3 aromatic rings. The van der Waals surface area contributed by atoms with Crippen LogP contribution in [-0.2, 0) is 6.42 Å². The van der Waals surface area contributed by atoms with Crippen LogP contribution in [0.25, 0.3) is 10.9 Å². The van der Waals surface area contributed by atoms with Crippen LogP contribution in [0.15, 0.2) is 48.7 Å². The number of carbonyl (C=O) groups is 1. The number of benzene rings is 2. The average Bonchev–Trinajstić information content (AvgIpc) is 2.90. The minimum atomic E-state index is -0.366. The Hall–Kier alpha value is -2.82. The number of aromatic amines is 1. The number of H-pyrrole nitrogens is 1. The Bertz CT molecular complexity index is 809. The number of hydrogen-bond acceptors (Lipinski definition) is 2. The molecule has 0 bridgehead atoms. The number of rotatable bonds is 4. The highest BCUT2D eigenvalue weighted by atomic mass is 19.1. The maximum Gasteiger partial charge on any atom is 0.251 e. The van der Waals surface area contributed by atoms with Crippen LogP contribution in [0.4, 0.5) is 4.39 Å². The second kappa shape index (κ2) is 5.89. The van der Waals surface area contributed by atoms with E-state index >= 15 is 0 Å². The van der Waals surface area contributed by atoms with Crippen LogP contribution in [0.3, 0.4) is 0 Å². The molecule has 1 amide bonds. The summed E-state index contributed by atoms with van der Waals surface area (Å²) in [6.45, 7) is 0.457. The van der Waals surface area contributed by atoms with E-state index in [1.54, 1.807) is 12.1 Å². The van der Waals surface area contributed by atoms with Gasteiger partial charge in [0.25, 0.3) is 5.91 Å². The van der Waals surface area contributed by atoms with Gasteiger partial charge in [-0.05, 0) is 54.4 Å². The lowest BCUT2D eigenvalue weighted by Gasteiger charge is -2.05. The van der Waals surface area contributed by atoms with Gasteiger partial charge < -0.3 is 15.4 Å². The third-order valence-corrected chi connectivity index (χ3v) is 3.54. The molecule has 0 unspecified atom stereocenters. The average molecular weight is 298 g/mol. The smallest absolute Gasteiger partial charge is 0.251 e. The molecule has 0 aliphatic rings. The van der Waals surface area contributed by atoms with Crippen molar-refractivity contribution in [1.82, 2.24) is 10.3 Å². The summed E-state index contributed by atoms with van der Waals surface area (Å²) in [6, 6.07) is 10.6. The van der Waals surface area contributed by atoms with Crippen molar-refractivity contribution in [3.8, 4) is 5.75 Å². The molecule has 0 aliphatic carbocycles. The van der Waals surface area contributed by atoms with Gasteiger partial charge in [0, 0.05) is 29.2 Å². The molecule has 3 rings (SSSR count). The summed E-state index contributed by atoms with van der Waals surface area (Å²) in [4.78, 5) is 15.0. The number of nitrogens with one attached hydrogen (secondary N) is 2. The molecule has 4 nitrogen and oxygen atoms in total. The van der Waals surface area contributed by atoms with Crippen LogP contribution >= 0.6 is 0 Å². The van der Waals surface area contributed by atoms with Crippen LogP contribution in [-0.4, -0.2) is 22.5 Å². The van der Waals surface area contributed by atoms with Gasteiger partial charge in [-0.1, -0.05) is 0 Å². The number of aromatic nitrogens is 1. The van der Waals surface area contributed by atoms with Crippen molar-refractivity contribution < 1.29 is 14.3 Å². The SMILES string of the molecule is O=C(NCCc1c[nH]c2ccc(O)cc12)c1ccc(F)cc1. The fourth-order valence-corrected chi connectivity index (χ4v) is 2.39. The van der Waals surface area contributed by atoms with Crippen molar-refractivity contribution in [2.75, 3.05) is 6.54 Å². The molecule has 112 valence electrons. The summed E-state index contributed by atoms with van der Waals surface area (Å²) < 4.78 is 12.8. The molecule has 0 spiro atoms. The number of phenolic OH excluding ortho intramolecular Hbond substituents is 1. The lowest BCUT2D eigenvalue weighted by Crippen LogP contribution is -2.25. The van der Waals surface area contributed by atoms with E-state index in [-0.39, 0.29) is 17.5 Å². The topological polar surface area (TPSA) is 65.1 Å². The van der Waals surface area contributed by atoms with E-state index in [1.165, 1.54) is 24.3 Å². The molecular weight excluding hydrogens is 283 g/mol. The zero-order valence-electron chi connectivity index (χ0n) is 11.8. The second-order valence-corrected chi connectivity index (χ2v) is 5.06. The first kappa shape index (κ1) is 14.1. The first-order valence-electron chi connectivity index (χ1n) is 6.96. The molecule has 0 saturated carbocycles. The monoisotopic (exact) mass is 298 g/mol. The van der Waals surface area contributed by atoms with Crippen molar-refractivity contribution in [2.45, 2.75) is 6.42 Å². The van der Waals surface area contributed by atoms with Crippen molar-refractivity contribution >= 4 is 16.8 Å². The fraction of sp³-hybridized carbons (Fsp3) is 0.118. The fourth-order valence-electron chi connectivity index (χ4n) is 2.39. The van der Waals surface area contributed by atoms with Gasteiger partial charge in [0.1, 0.15) is 11.6 Å². The molecule has 22 heavy (non-hydrogen) atoms. The minimum absolute atomic E-state index is 0.212. The summed E-state index contributed by atoms with van der Waals surface area (Å²) in [7, 11) is 0. The molecule has 5 heteroatoms. The van der Waals surface area contributed by atoms with Crippen LogP contribution in [0, 0.1) is 5.82 Å². The number of phenols is 1. The highest BCUT2D eigenvalue weighted by molar-refractivity contribution is 5.94. The first-order valence-corrected chi connectivity index (χ1v) is 6.96. The Morgan fingerprint density at radius 3 is 2.73 bits per heavy atom. The van der Waals surface area contributed by atoms with Crippen molar-refractivity contribution in [3.63, 3.8) is 0 Å². The number of halogens is 1. The van der Waals surface area contributed by atoms with E-state index in [9.17, 15) is 14.3 Å². The molecule has 2 aromatic carbocycles. The van der Waals surface area contributed by atoms with E-state index in [1.807, 2.05) is 12.3 Å². The molecule has 1 aromatic heterocycles. The van der Waals surface area contributed by atoms with Crippen molar-refractivity contribution in [2.24, 2.45) is 0 Å². The highest BCUT2D eigenvalue weighted by Gasteiger charge is 2.07. The van der Waals surface area contributed by atoms with Crippen LogP contribution in [0.1, 0.15) is 15.9 Å². The Morgan fingerprint density at radius 1 is 1.18 bits per heavy atom. The quantitative estimate of drug-likeness (QED) is 0.693. The third-order valence-electron chi connectivity index (χ3n) is 3.54. The summed E-state index contributed by atoms with van der Waals surface area (Å²) in [5, 5.41) is 13.3. The largest absolute Gasteiger partial charge is 0.508 e. The standard InChI is InChI=1S/C17H15FN2O2/c18-13-3-1-11(2-4-13)17(22)19-8-7-12-10-20-16-6-5-14(21)9-15(12)16/h1-6,9-10,20-21H,7-8H2,(H,19,22). The molecule has 1 heterocycles. The maximum atomic E-state index is 12.8. The molecule has 0 aliphatic heterocycles. The summed E-state index contributed by atoms with van der Waals surface area (Å²) in [5.74, 6) is -0.387. The Balaban J connectivity index is 1.63. The number of carbonyl (C=O) groups excluding carboxylic acids is 1. The summed E-state index contributed by atoms with van der Waals surface area (Å²) in [6.07, 6.45) is 2.50. The predicted octanol–water partition coefficient (Wildman–Crippen LogP) is 2.99. The number of amides is 1. The Morgan fingerprint density at radius 2 is 1.95 bits per heavy atom. The van der Waals surface area contributed by atoms with Gasteiger partial charge >= 0.3 is 0 Å². The van der Waals surface area contributed by atoms with Crippen LogP contribution in [0.5, 0.6) is 5.75 Å². The lowest BCUT2D eigenvalue weighted by atomic mass is 10.1. The van der Waals surface area contributed by atoms with Crippen molar-refractivity contribution in [1.29, 1.82) is 0 Å². The van der Waals surface area contributed by atoms with Gasteiger partial charge in [-0.25, -0.2) is 4.39 Å². The number of hydrogen-bond donors (Lipinski definition) is 3. The molecule has 0 fully saturated rings. The maximum absolute atomic E-state index is 12.8. The number of fused-ring (bicyclic) bond motifs is 1. The summed E-state index contributed by atoms with van der Waals surface area (Å²) in [5.41, 5.74) is 2.39.